The largest absolute Gasteiger partial charge is 0.265 e. The minimum Gasteiger partial charge on any atom is -0.265 e. The van der Waals surface area contributed by atoms with E-state index in [9.17, 15) is 0 Å². The number of fused-ring (bicyclic) bond motifs is 1. The van der Waals surface area contributed by atoms with Crippen molar-refractivity contribution in [1.29, 1.82) is 0 Å². The number of benzene rings is 2. The van der Waals surface area contributed by atoms with Gasteiger partial charge < -0.3 is 0 Å². The molecule has 15 heavy (non-hydrogen) atoms. The lowest BCUT2D eigenvalue weighted by Crippen LogP contribution is -2.11. The molecule has 0 atom stereocenters. The topological polar surface area (TPSA) is 15.6 Å². The molecule has 2 nitrogen and oxygen atoms in total. The Bertz CT molecular complexity index is 517. The second-order valence-electron chi connectivity index (χ2n) is 3.74. The van der Waals surface area contributed by atoms with Gasteiger partial charge in [-0.05, 0) is 22.9 Å². The normalized spacial score (nSPS) is 15.1. The van der Waals surface area contributed by atoms with E-state index in [0.717, 1.165) is 13.0 Å². The van der Waals surface area contributed by atoms with Crippen LogP contribution in [0.4, 0.5) is 5.69 Å². The van der Waals surface area contributed by atoms with E-state index >= 15 is 0 Å². The lowest BCUT2D eigenvalue weighted by Gasteiger charge is -2.14. The minimum atomic E-state index is 0.998. The van der Waals surface area contributed by atoms with Gasteiger partial charge >= 0.3 is 0 Å². The van der Waals surface area contributed by atoms with Crippen molar-refractivity contribution >= 4 is 22.7 Å². The van der Waals surface area contributed by atoms with E-state index in [2.05, 4.69) is 47.6 Å². The molecule has 0 bridgehead atoms. The van der Waals surface area contributed by atoms with Crippen LogP contribution in [0.25, 0.3) is 10.8 Å². The zero-order valence-corrected chi connectivity index (χ0v) is 8.43. The molecule has 2 heteroatoms. The third-order valence-electron chi connectivity index (χ3n) is 2.72. The number of anilines is 1. The third-order valence-corrected chi connectivity index (χ3v) is 2.72. The van der Waals surface area contributed by atoms with Crippen LogP contribution in [0.3, 0.4) is 0 Å². The number of hydrogen-bond acceptors (Lipinski definition) is 2. The molecule has 0 spiro atoms. The van der Waals surface area contributed by atoms with Gasteiger partial charge in [-0.25, -0.2) is 0 Å². The Kier molecular flexibility index (Phi) is 1.91. The summed E-state index contributed by atoms with van der Waals surface area (Å²) in [5.41, 5.74) is 1.18. The molecule has 0 amide bonds. The molecule has 0 saturated heterocycles. The summed E-state index contributed by atoms with van der Waals surface area (Å²) in [4.78, 5) is 0. The molecule has 0 radical (unpaired) electrons. The fourth-order valence-electron chi connectivity index (χ4n) is 1.93. The summed E-state index contributed by atoms with van der Waals surface area (Å²) in [7, 11) is 0. The van der Waals surface area contributed by atoms with Crippen LogP contribution in [0, 0.1) is 0 Å². The Morgan fingerprint density at radius 3 is 2.67 bits per heavy atom. The van der Waals surface area contributed by atoms with E-state index in [1.54, 1.807) is 0 Å². The second kappa shape index (κ2) is 3.39. The highest BCUT2D eigenvalue weighted by Gasteiger charge is 2.08. The maximum atomic E-state index is 4.32. The Hall–Kier alpha value is -1.83. The van der Waals surface area contributed by atoms with Crippen LogP contribution in [-0.4, -0.2) is 12.8 Å². The molecule has 2 aromatic rings. The highest BCUT2D eigenvalue weighted by atomic mass is 15.5. The van der Waals surface area contributed by atoms with Gasteiger partial charge in [0, 0.05) is 19.2 Å². The standard InChI is InChI=1S/C13H12N2/c1-2-5-12-10-13(7-6-11(12)4-1)15-9-3-8-14-15/h1-2,4-8,10H,3,9H2. The van der Waals surface area contributed by atoms with Crippen LogP contribution in [0.5, 0.6) is 0 Å². The lowest BCUT2D eigenvalue weighted by atomic mass is 10.1. The van der Waals surface area contributed by atoms with Crippen LogP contribution >= 0.6 is 0 Å². The predicted molar refractivity (Wildman–Crippen MR) is 64.4 cm³/mol. The van der Waals surface area contributed by atoms with Crippen molar-refractivity contribution in [3.8, 4) is 0 Å². The highest BCUT2D eigenvalue weighted by molar-refractivity contribution is 5.86. The van der Waals surface area contributed by atoms with E-state index in [1.807, 2.05) is 11.2 Å². The molecule has 3 rings (SSSR count). The van der Waals surface area contributed by atoms with Gasteiger partial charge in [0.15, 0.2) is 0 Å². The molecule has 74 valence electrons. The van der Waals surface area contributed by atoms with Crippen LogP contribution in [0.2, 0.25) is 0 Å². The van der Waals surface area contributed by atoms with E-state index in [0.29, 0.717) is 0 Å². The summed E-state index contributed by atoms with van der Waals surface area (Å²) in [6.45, 7) is 0.998. The van der Waals surface area contributed by atoms with E-state index in [4.69, 9.17) is 0 Å². The molecule has 0 saturated carbocycles. The molecule has 0 aliphatic carbocycles. The van der Waals surface area contributed by atoms with Gasteiger partial charge in [-0.2, -0.15) is 5.10 Å². The number of hydrogen-bond donors (Lipinski definition) is 0. The van der Waals surface area contributed by atoms with Crippen LogP contribution in [0.1, 0.15) is 6.42 Å². The summed E-state index contributed by atoms with van der Waals surface area (Å²) in [6, 6.07) is 14.9. The van der Waals surface area contributed by atoms with E-state index < -0.39 is 0 Å². The third kappa shape index (κ3) is 1.48. The molecule has 1 aliphatic heterocycles. The Morgan fingerprint density at radius 1 is 1.00 bits per heavy atom. The van der Waals surface area contributed by atoms with Gasteiger partial charge in [-0.3, -0.25) is 5.01 Å². The molecule has 1 aliphatic rings. The minimum absolute atomic E-state index is 0.998. The molecular formula is C13H12N2. The van der Waals surface area contributed by atoms with Crippen LogP contribution in [0.15, 0.2) is 47.6 Å². The maximum Gasteiger partial charge on any atom is 0.0600 e. The van der Waals surface area contributed by atoms with Crippen LogP contribution < -0.4 is 5.01 Å². The van der Waals surface area contributed by atoms with Gasteiger partial charge in [0.1, 0.15) is 0 Å². The van der Waals surface area contributed by atoms with Crippen molar-refractivity contribution in [1.82, 2.24) is 0 Å². The molecule has 0 N–H and O–H groups in total. The number of hydrazone groups is 1. The predicted octanol–water partition coefficient (Wildman–Crippen LogP) is 3.04. The van der Waals surface area contributed by atoms with Crippen molar-refractivity contribution in [2.75, 3.05) is 11.6 Å². The molecular weight excluding hydrogens is 184 g/mol. The quantitative estimate of drug-likeness (QED) is 0.684. The maximum absolute atomic E-state index is 4.32. The lowest BCUT2D eigenvalue weighted by molar-refractivity contribution is 0.923. The first kappa shape index (κ1) is 8.48. The average molecular weight is 196 g/mol. The zero-order valence-electron chi connectivity index (χ0n) is 8.43. The summed E-state index contributed by atoms with van der Waals surface area (Å²) in [5.74, 6) is 0. The van der Waals surface area contributed by atoms with Crippen LogP contribution in [-0.2, 0) is 0 Å². The van der Waals surface area contributed by atoms with Crippen molar-refractivity contribution < 1.29 is 0 Å². The summed E-state index contributed by atoms with van der Waals surface area (Å²) in [5, 5.41) is 8.93. The highest BCUT2D eigenvalue weighted by Crippen LogP contribution is 2.23. The van der Waals surface area contributed by atoms with Crippen molar-refractivity contribution in [3.63, 3.8) is 0 Å². The molecule has 0 aromatic heterocycles. The van der Waals surface area contributed by atoms with Gasteiger partial charge in [0.25, 0.3) is 0 Å². The van der Waals surface area contributed by atoms with E-state index in [-0.39, 0.29) is 0 Å². The Morgan fingerprint density at radius 2 is 1.87 bits per heavy atom. The Labute approximate surface area is 88.8 Å². The first-order valence-electron chi connectivity index (χ1n) is 5.22. The average Bonchev–Trinajstić information content (AvgIpc) is 2.82. The van der Waals surface area contributed by atoms with Crippen molar-refractivity contribution in [2.24, 2.45) is 5.10 Å². The fourth-order valence-corrected chi connectivity index (χ4v) is 1.93. The monoisotopic (exact) mass is 196 g/mol. The number of rotatable bonds is 1. The molecule has 1 heterocycles. The first-order chi connectivity index (χ1) is 7.43. The van der Waals surface area contributed by atoms with Gasteiger partial charge in [-0.1, -0.05) is 30.3 Å². The van der Waals surface area contributed by atoms with Gasteiger partial charge in [0.2, 0.25) is 0 Å². The molecule has 2 aromatic carbocycles. The summed E-state index contributed by atoms with van der Waals surface area (Å²) < 4.78 is 0. The summed E-state index contributed by atoms with van der Waals surface area (Å²) >= 11 is 0. The molecule has 0 unspecified atom stereocenters. The SMILES string of the molecule is C1=NN(c2ccc3ccccc3c2)CC1. The summed E-state index contributed by atoms with van der Waals surface area (Å²) in [6.07, 6.45) is 3.02. The first-order valence-corrected chi connectivity index (χ1v) is 5.22. The Balaban J connectivity index is 2.09. The van der Waals surface area contributed by atoms with Gasteiger partial charge in [0.05, 0.1) is 5.69 Å². The number of nitrogens with zero attached hydrogens (tertiary/aromatic N) is 2. The smallest absolute Gasteiger partial charge is 0.0600 e. The molecule has 0 fully saturated rings. The fraction of sp³-hybridized carbons (Fsp3) is 0.154. The second-order valence-corrected chi connectivity index (χ2v) is 3.74. The van der Waals surface area contributed by atoms with Crippen molar-refractivity contribution in [3.05, 3.63) is 42.5 Å². The van der Waals surface area contributed by atoms with Crippen molar-refractivity contribution in [2.45, 2.75) is 6.42 Å². The zero-order chi connectivity index (χ0) is 10.1. The van der Waals surface area contributed by atoms with Gasteiger partial charge in [-0.15, -0.1) is 0 Å². The van der Waals surface area contributed by atoms with E-state index in [1.165, 1.54) is 16.5 Å².